The van der Waals surface area contributed by atoms with Gasteiger partial charge in [-0.2, -0.15) is 0 Å². The lowest BCUT2D eigenvalue weighted by molar-refractivity contribution is -0.143. The molecule has 0 aliphatic heterocycles. The molecule has 1 aromatic rings. The van der Waals surface area contributed by atoms with Crippen LogP contribution in [0.25, 0.3) is 0 Å². The number of ether oxygens (including phenoxy) is 2. The van der Waals surface area contributed by atoms with Gasteiger partial charge in [-0.05, 0) is 38.0 Å². The van der Waals surface area contributed by atoms with Crippen LogP contribution in [0, 0.1) is 0 Å². The highest BCUT2D eigenvalue weighted by Gasteiger charge is 2.17. The van der Waals surface area contributed by atoms with Gasteiger partial charge in [-0.3, -0.25) is 4.79 Å². The van der Waals surface area contributed by atoms with Crippen molar-refractivity contribution >= 4 is 11.9 Å². The van der Waals surface area contributed by atoms with Crippen molar-refractivity contribution in [1.29, 1.82) is 0 Å². The predicted molar refractivity (Wildman–Crippen MR) is 72.3 cm³/mol. The highest BCUT2D eigenvalue weighted by atomic mass is 19.3. The van der Waals surface area contributed by atoms with Crippen LogP contribution in [-0.4, -0.2) is 25.2 Å². The van der Waals surface area contributed by atoms with Gasteiger partial charge in [0.15, 0.2) is 0 Å². The molecule has 0 radical (unpaired) electrons. The highest BCUT2D eigenvalue weighted by molar-refractivity contribution is 5.91. The summed E-state index contributed by atoms with van der Waals surface area (Å²) in [6.45, 7) is 3.77. The standard InChI is InChI=1S/C15H18F2O4/c1-3-20-13(18)8-6-10-9-11(14(16)17)5-7-12(10)15(19)21-4-2/h5,7,9,14H,3-4,6,8H2,1-2H3. The summed E-state index contributed by atoms with van der Waals surface area (Å²) in [4.78, 5) is 23.1. The van der Waals surface area contributed by atoms with Crippen LogP contribution in [0.1, 0.15) is 48.2 Å². The maximum Gasteiger partial charge on any atom is 0.338 e. The van der Waals surface area contributed by atoms with Gasteiger partial charge in [-0.15, -0.1) is 0 Å². The maximum absolute atomic E-state index is 12.7. The minimum atomic E-state index is -2.64. The normalized spacial score (nSPS) is 10.5. The van der Waals surface area contributed by atoms with E-state index in [9.17, 15) is 18.4 Å². The second-order valence-electron chi connectivity index (χ2n) is 4.24. The fourth-order valence-electron chi connectivity index (χ4n) is 1.83. The molecule has 1 aromatic carbocycles. The Morgan fingerprint density at radius 3 is 2.38 bits per heavy atom. The first-order valence-corrected chi connectivity index (χ1v) is 6.73. The molecule has 21 heavy (non-hydrogen) atoms. The molecule has 0 aliphatic rings. The van der Waals surface area contributed by atoms with Crippen LogP contribution in [0.2, 0.25) is 0 Å². The molecule has 0 saturated heterocycles. The number of carbonyl (C=O) groups is 2. The lowest BCUT2D eigenvalue weighted by Gasteiger charge is -2.11. The zero-order valence-electron chi connectivity index (χ0n) is 12.0. The number of halogens is 2. The van der Waals surface area contributed by atoms with Crippen LogP contribution in [0.3, 0.4) is 0 Å². The van der Waals surface area contributed by atoms with Crippen molar-refractivity contribution in [3.63, 3.8) is 0 Å². The Hall–Kier alpha value is -1.98. The highest BCUT2D eigenvalue weighted by Crippen LogP contribution is 2.23. The first-order valence-electron chi connectivity index (χ1n) is 6.73. The lowest BCUT2D eigenvalue weighted by atomic mass is 10.00. The summed E-state index contributed by atoms with van der Waals surface area (Å²) in [5, 5.41) is 0. The summed E-state index contributed by atoms with van der Waals surface area (Å²) in [5.41, 5.74) is 0.367. The lowest BCUT2D eigenvalue weighted by Crippen LogP contribution is -2.11. The van der Waals surface area contributed by atoms with E-state index in [2.05, 4.69) is 0 Å². The van der Waals surface area contributed by atoms with E-state index in [0.717, 1.165) is 0 Å². The first kappa shape index (κ1) is 17.1. The van der Waals surface area contributed by atoms with Gasteiger partial charge in [-0.25, -0.2) is 13.6 Å². The van der Waals surface area contributed by atoms with Gasteiger partial charge in [0.05, 0.1) is 18.8 Å². The molecule has 0 N–H and O–H groups in total. The Labute approximate surface area is 122 Å². The second-order valence-corrected chi connectivity index (χ2v) is 4.24. The molecule has 0 spiro atoms. The average molecular weight is 300 g/mol. The molecule has 1 rings (SSSR count). The fourth-order valence-corrected chi connectivity index (χ4v) is 1.83. The van der Waals surface area contributed by atoms with Crippen molar-refractivity contribution in [2.75, 3.05) is 13.2 Å². The van der Waals surface area contributed by atoms with Gasteiger partial charge in [0.25, 0.3) is 6.43 Å². The van der Waals surface area contributed by atoms with Gasteiger partial charge >= 0.3 is 11.9 Å². The molecular formula is C15H18F2O4. The smallest absolute Gasteiger partial charge is 0.338 e. The number of hydrogen-bond acceptors (Lipinski definition) is 4. The molecule has 0 atom stereocenters. The van der Waals surface area contributed by atoms with Crippen LogP contribution >= 0.6 is 0 Å². The van der Waals surface area contributed by atoms with Crippen molar-refractivity contribution in [2.45, 2.75) is 33.1 Å². The third-order valence-electron chi connectivity index (χ3n) is 2.78. The summed E-state index contributed by atoms with van der Waals surface area (Å²) < 4.78 is 35.1. The largest absolute Gasteiger partial charge is 0.466 e. The molecule has 0 aromatic heterocycles. The zero-order valence-corrected chi connectivity index (χ0v) is 12.0. The van der Waals surface area contributed by atoms with Crippen molar-refractivity contribution in [2.24, 2.45) is 0 Å². The molecule has 0 bridgehead atoms. The summed E-state index contributed by atoms with van der Waals surface area (Å²) in [6, 6.07) is 3.72. The van der Waals surface area contributed by atoms with E-state index in [1.165, 1.54) is 18.2 Å². The second kappa shape index (κ2) is 8.34. The molecule has 4 nitrogen and oxygen atoms in total. The van der Waals surface area contributed by atoms with Crippen LogP contribution in [0.15, 0.2) is 18.2 Å². The number of rotatable bonds is 7. The Morgan fingerprint density at radius 1 is 1.14 bits per heavy atom. The number of hydrogen-bond donors (Lipinski definition) is 0. The number of carbonyl (C=O) groups excluding carboxylic acids is 2. The molecule has 0 fully saturated rings. The number of benzene rings is 1. The van der Waals surface area contributed by atoms with E-state index >= 15 is 0 Å². The van der Waals surface area contributed by atoms with Crippen molar-refractivity contribution in [3.8, 4) is 0 Å². The van der Waals surface area contributed by atoms with Gasteiger partial charge in [0.2, 0.25) is 0 Å². The first-order chi connectivity index (χ1) is 9.99. The average Bonchev–Trinajstić information content (AvgIpc) is 2.45. The Morgan fingerprint density at radius 2 is 1.81 bits per heavy atom. The summed E-state index contributed by atoms with van der Waals surface area (Å²) in [7, 11) is 0. The summed E-state index contributed by atoms with van der Waals surface area (Å²) in [6.07, 6.45) is -2.47. The Balaban J connectivity index is 2.96. The van der Waals surface area contributed by atoms with Gasteiger partial charge in [-0.1, -0.05) is 6.07 Å². The third-order valence-corrected chi connectivity index (χ3v) is 2.78. The van der Waals surface area contributed by atoms with E-state index in [1.54, 1.807) is 13.8 Å². The molecular weight excluding hydrogens is 282 g/mol. The molecule has 0 aliphatic carbocycles. The van der Waals surface area contributed by atoms with Crippen molar-refractivity contribution < 1.29 is 27.8 Å². The molecule has 0 saturated carbocycles. The van der Waals surface area contributed by atoms with E-state index < -0.39 is 18.4 Å². The molecule has 0 heterocycles. The predicted octanol–water partition coefficient (Wildman–Crippen LogP) is 3.30. The summed E-state index contributed by atoms with van der Waals surface area (Å²) in [5.74, 6) is -1.02. The van der Waals surface area contributed by atoms with Crippen LogP contribution in [0.4, 0.5) is 8.78 Å². The van der Waals surface area contributed by atoms with Crippen molar-refractivity contribution in [3.05, 3.63) is 34.9 Å². The molecule has 0 unspecified atom stereocenters. The quantitative estimate of drug-likeness (QED) is 0.725. The molecule has 0 amide bonds. The Bertz CT molecular complexity index is 500. The zero-order chi connectivity index (χ0) is 15.8. The van der Waals surface area contributed by atoms with E-state index in [-0.39, 0.29) is 37.2 Å². The van der Waals surface area contributed by atoms with Crippen molar-refractivity contribution in [1.82, 2.24) is 0 Å². The van der Waals surface area contributed by atoms with E-state index in [4.69, 9.17) is 9.47 Å². The topological polar surface area (TPSA) is 52.6 Å². The van der Waals surface area contributed by atoms with Gasteiger partial charge in [0.1, 0.15) is 0 Å². The van der Waals surface area contributed by atoms with Crippen LogP contribution < -0.4 is 0 Å². The summed E-state index contributed by atoms with van der Waals surface area (Å²) >= 11 is 0. The van der Waals surface area contributed by atoms with Crippen LogP contribution in [0.5, 0.6) is 0 Å². The minimum Gasteiger partial charge on any atom is -0.466 e. The van der Waals surface area contributed by atoms with Crippen LogP contribution in [-0.2, 0) is 20.7 Å². The number of esters is 2. The fraction of sp³-hybridized carbons (Fsp3) is 0.467. The SMILES string of the molecule is CCOC(=O)CCc1cc(C(F)F)ccc1C(=O)OCC. The van der Waals surface area contributed by atoms with Gasteiger partial charge < -0.3 is 9.47 Å². The molecule has 6 heteroatoms. The van der Waals surface area contributed by atoms with E-state index in [1.807, 2.05) is 0 Å². The minimum absolute atomic E-state index is 0.0208. The van der Waals surface area contributed by atoms with E-state index in [0.29, 0.717) is 5.56 Å². The third kappa shape index (κ3) is 5.13. The Kier molecular flexibility index (Phi) is 6.78. The maximum atomic E-state index is 12.7. The monoisotopic (exact) mass is 300 g/mol. The number of aryl methyl sites for hydroxylation is 1. The molecule has 116 valence electrons. The van der Waals surface area contributed by atoms with Gasteiger partial charge in [0, 0.05) is 12.0 Å². The number of alkyl halides is 2.